The van der Waals surface area contributed by atoms with Crippen LogP contribution in [0.1, 0.15) is 15.9 Å². The van der Waals surface area contributed by atoms with E-state index in [9.17, 15) is 9.18 Å². The highest BCUT2D eigenvalue weighted by Crippen LogP contribution is 2.32. The summed E-state index contributed by atoms with van der Waals surface area (Å²) < 4.78 is 14.1. The Morgan fingerprint density at radius 1 is 1.00 bits per heavy atom. The Bertz CT molecular complexity index is 1270. The number of thioether (sulfide) groups is 1. The number of benzene rings is 3. The minimum absolute atomic E-state index is 0.288. The van der Waals surface area contributed by atoms with Crippen LogP contribution in [0.5, 0.6) is 0 Å². The molecule has 0 saturated heterocycles. The molecule has 4 rings (SSSR count). The van der Waals surface area contributed by atoms with Crippen LogP contribution in [0.3, 0.4) is 0 Å². The molecule has 0 fully saturated rings. The molecule has 0 aliphatic heterocycles. The topological polar surface area (TPSA) is 42.0 Å². The molecule has 32 heavy (non-hydrogen) atoms. The predicted molar refractivity (Wildman–Crippen MR) is 131 cm³/mol. The van der Waals surface area contributed by atoms with Gasteiger partial charge < -0.3 is 5.32 Å². The van der Waals surface area contributed by atoms with Gasteiger partial charge >= 0.3 is 0 Å². The zero-order valence-corrected chi connectivity index (χ0v) is 19.1. The number of rotatable bonds is 5. The van der Waals surface area contributed by atoms with Gasteiger partial charge in [-0.15, -0.1) is 11.8 Å². The minimum atomic E-state index is -0.335. The number of aryl methyl sites for hydroxylation is 1. The molecule has 6 heteroatoms. The standard InChI is InChI=1S/C26H20ClFN2OS/c1-16-11-17(13-18(28)12-16)22-15-20(32-2)7-8-21(22)26(31)30-19-6-9-24(27)23(14-19)25-5-3-4-10-29-25/h3-15H,1-2H3,(H,30,31). The van der Waals surface area contributed by atoms with Crippen molar-refractivity contribution in [1.82, 2.24) is 4.98 Å². The van der Waals surface area contributed by atoms with E-state index in [1.807, 2.05) is 49.6 Å². The van der Waals surface area contributed by atoms with Gasteiger partial charge in [-0.2, -0.15) is 0 Å². The van der Waals surface area contributed by atoms with E-state index >= 15 is 0 Å². The summed E-state index contributed by atoms with van der Waals surface area (Å²) in [6.07, 6.45) is 3.65. The molecule has 160 valence electrons. The zero-order chi connectivity index (χ0) is 22.7. The second-order valence-corrected chi connectivity index (χ2v) is 8.58. The minimum Gasteiger partial charge on any atom is -0.322 e. The van der Waals surface area contributed by atoms with Gasteiger partial charge in [-0.3, -0.25) is 9.78 Å². The van der Waals surface area contributed by atoms with Crippen LogP contribution in [0.25, 0.3) is 22.4 Å². The first-order valence-electron chi connectivity index (χ1n) is 9.92. The number of carbonyl (C=O) groups is 1. The molecule has 3 aromatic carbocycles. The number of amides is 1. The van der Waals surface area contributed by atoms with E-state index in [-0.39, 0.29) is 11.7 Å². The number of nitrogens with zero attached hydrogens (tertiary/aromatic N) is 1. The number of hydrogen-bond donors (Lipinski definition) is 1. The number of anilines is 1. The lowest BCUT2D eigenvalue weighted by molar-refractivity contribution is 0.102. The van der Waals surface area contributed by atoms with Gasteiger partial charge in [-0.25, -0.2) is 4.39 Å². The SMILES string of the molecule is CSc1ccc(C(=O)Nc2ccc(Cl)c(-c3ccccn3)c2)c(-c2cc(C)cc(F)c2)c1. The summed E-state index contributed by atoms with van der Waals surface area (Å²) in [4.78, 5) is 18.6. The van der Waals surface area contributed by atoms with Gasteiger partial charge in [0.2, 0.25) is 0 Å². The quantitative estimate of drug-likeness (QED) is 0.312. The molecule has 0 saturated carbocycles. The first kappa shape index (κ1) is 22.1. The highest BCUT2D eigenvalue weighted by molar-refractivity contribution is 7.98. The maximum Gasteiger partial charge on any atom is 0.256 e. The van der Waals surface area contributed by atoms with Crippen molar-refractivity contribution in [2.75, 3.05) is 11.6 Å². The van der Waals surface area contributed by atoms with Gasteiger partial charge in [0.25, 0.3) is 5.91 Å². The maximum atomic E-state index is 14.1. The molecule has 0 radical (unpaired) electrons. The molecule has 0 bridgehead atoms. The molecule has 0 aliphatic rings. The summed E-state index contributed by atoms with van der Waals surface area (Å²) >= 11 is 7.93. The normalized spacial score (nSPS) is 10.8. The van der Waals surface area contributed by atoms with Crippen molar-refractivity contribution in [3.05, 3.63) is 101 Å². The molecule has 1 heterocycles. The monoisotopic (exact) mass is 462 g/mol. The van der Waals surface area contributed by atoms with E-state index in [2.05, 4.69) is 10.3 Å². The molecule has 4 aromatic rings. The smallest absolute Gasteiger partial charge is 0.256 e. The summed E-state index contributed by atoms with van der Waals surface area (Å²) in [6.45, 7) is 1.83. The van der Waals surface area contributed by atoms with Gasteiger partial charge in [-0.05, 0) is 90.5 Å². The average Bonchev–Trinajstić information content (AvgIpc) is 2.79. The number of nitrogens with one attached hydrogen (secondary N) is 1. The molecule has 1 amide bonds. The van der Waals surface area contributed by atoms with Gasteiger partial charge in [0.05, 0.1) is 10.7 Å². The third-order valence-corrected chi connectivity index (χ3v) is 6.04. The van der Waals surface area contributed by atoms with Gasteiger partial charge in [0.1, 0.15) is 5.82 Å². The van der Waals surface area contributed by atoms with E-state index in [0.29, 0.717) is 33.1 Å². The van der Waals surface area contributed by atoms with Crippen molar-refractivity contribution in [2.45, 2.75) is 11.8 Å². The first-order chi connectivity index (χ1) is 15.4. The Morgan fingerprint density at radius 2 is 1.84 bits per heavy atom. The lowest BCUT2D eigenvalue weighted by Gasteiger charge is -2.14. The van der Waals surface area contributed by atoms with Crippen LogP contribution in [0.4, 0.5) is 10.1 Å². The van der Waals surface area contributed by atoms with Crippen LogP contribution in [0, 0.1) is 12.7 Å². The first-order valence-corrected chi connectivity index (χ1v) is 11.5. The number of carbonyl (C=O) groups excluding carboxylic acids is 1. The van der Waals surface area contributed by atoms with Crippen LogP contribution < -0.4 is 5.32 Å². The second-order valence-electron chi connectivity index (χ2n) is 7.29. The van der Waals surface area contributed by atoms with Crippen molar-refractivity contribution < 1.29 is 9.18 Å². The van der Waals surface area contributed by atoms with Gasteiger partial charge in [-0.1, -0.05) is 23.7 Å². The van der Waals surface area contributed by atoms with E-state index in [4.69, 9.17) is 11.6 Å². The van der Waals surface area contributed by atoms with Crippen LogP contribution in [-0.4, -0.2) is 17.1 Å². The number of halogens is 2. The number of aromatic nitrogens is 1. The third kappa shape index (κ3) is 4.85. The van der Waals surface area contributed by atoms with Crippen molar-refractivity contribution in [2.24, 2.45) is 0 Å². The van der Waals surface area contributed by atoms with E-state index in [0.717, 1.165) is 16.0 Å². The van der Waals surface area contributed by atoms with E-state index in [1.54, 1.807) is 42.2 Å². The summed E-state index contributed by atoms with van der Waals surface area (Å²) in [5, 5.41) is 3.49. The molecule has 1 aromatic heterocycles. The highest BCUT2D eigenvalue weighted by Gasteiger charge is 2.16. The fraction of sp³-hybridized carbons (Fsp3) is 0.0769. The van der Waals surface area contributed by atoms with Gasteiger partial charge in [0.15, 0.2) is 0 Å². The van der Waals surface area contributed by atoms with Crippen LogP contribution in [-0.2, 0) is 0 Å². The Hall–Kier alpha value is -3.15. The van der Waals surface area contributed by atoms with E-state index < -0.39 is 0 Å². The second kappa shape index (κ2) is 9.55. The lowest BCUT2D eigenvalue weighted by atomic mass is 9.97. The maximum absolute atomic E-state index is 14.1. The van der Waals surface area contributed by atoms with Crippen molar-refractivity contribution in [1.29, 1.82) is 0 Å². The fourth-order valence-electron chi connectivity index (χ4n) is 3.50. The van der Waals surface area contributed by atoms with Gasteiger partial charge in [0, 0.05) is 27.9 Å². The van der Waals surface area contributed by atoms with Crippen molar-refractivity contribution in [3.63, 3.8) is 0 Å². The Morgan fingerprint density at radius 3 is 2.56 bits per heavy atom. The Labute approximate surface area is 195 Å². The van der Waals surface area contributed by atoms with E-state index in [1.165, 1.54) is 12.1 Å². The summed E-state index contributed by atoms with van der Waals surface area (Å²) in [7, 11) is 0. The fourth-order valence-corrected chi connectivity index (χ4v) is 4.15. The lowest BCUT2D eigenvalue weighted by Crippen LogP contribution is -2.13. The highest BCUT2D eigenvalue weighted by atomic mass is 35.5. The Kier molecular flexibility index (Phi) is 6.58. The van der Waals surface area contributed by atoms with Crippen molar-refractivity contribution in [3.8, 4) is 22.4 Å². The third-order valence-electron chi connectivity index (χ3n) is 4.99. The average molecular weight is 463 g/mol. The van der Waals surface area contributed by atoms with Crippen LogP contribution >= 0.6 is 23.4 Å². The van der Waals surface area contributed by atoms with Crippen LogP contribution in [0.15, 0.2) is 83.9 Å². The molecular formula is C26H20ClFN2OS. The number of hydrogen-bond acceptors (Lipinski definition) is 3. The predicted octanol–water partition coefficient (Wildman–Crippen LogP) is 7.49. The molecule has 1 N–H and O–H groups in total. The molecule has 0 unspecified atom stereocenters. The summed E-state index contributed by atoms with van der Waals surface area (Å²) in [5.74, 6) is -0.623. The molecule has 3 nitrogen and oxygen atoms in total. The van der Waals surface area contributed by atoms with Crippen molar-refractivity contribution >= 4 is 35.0 Å². The molecular weight excluding hydrogens is 443 g/mol. The molecule has 0 atom stereocenters. The zero-order valence-electron chi connectivity index (χ0n) is 17.5. The summed E-state index contributed by atoms with van der Waals surface area (Å²) in [6, 6.07) is 21.2. The molecule has 0 spiro atoms. The summed E-state index contributed by atoms with van der Waals surface area (Å²) in [5.41, 5.74) is 4.62. The number of pyridine rings is 1. The molecule has 0 aliphatic carbocycles. The Balaban J connectivity index is 1.72. The largest absolute Gasteiger partial charge is 0.322 e. The van der Waals surface area contributed by atoms with Crippen LogP contribution in [0.2, 0.25) is 5.02 Å².